The van der Waals surface area contributed by atoms with Crippen molar-refractivity contribution in [1.82, 2.24) is 4.90 Å². The Morgan fingerprint density at radius 1 is 1.33 bits per heavy atom. The minimum atomic E-state index is 0.767. The Balaban J connectivity index is 1.65. The average Bonchev–Trinajstić information content (AvgIpc) is 2.80. The van der Waals surface area contributed by atoms with E-state index in [1.165, 1.54) is 32.4 Å². The van der Waals surface area contributed by atoms with Crippen LogP contribution in [0.1, 0.15) is 26.2 Å². The van der Waals surface area contributed by atoms with Crippen LogP contribution < -0.4 is 10.5 Å². The minimum Gasteiger partial charge on any atom is -0.492 e. The van der Waals surface area contributed by atoms with E-state index in [2.05, 4.69) is 11.8 Å². The third-order valence-electron chi connectivity index (χ3n) is 3.62. The van der Waals surface area contributed by atoms with Gasteiger partial charge in [-0.15, -0.1) is 0 Å². The summed E-state index contributed by atoms with van der Waals surface area (Å²) in [4.78, 5) is 2.51. The van der Waals surface area contributed by atoms with E-state index in [9.17, 15) is 0 Å². The van der Waals surface area contributed by atoms with Crippen molar-refractivity contribution in [2.75, 3.05) is 32.0 Å². The molecule has 0 bridgehead atoms. The standard InChI is InChI=1S/C15H24N2O/c1-2-3-13-8-9-17(12-13)10-11-18-15-6-4-14(16)5-7-15/h4-7,13H,2-3,8-12,16H2,1H3. The zero-order valence-corrected chi connectivity index (χ0v) is 11.3. The fraction of sp³-hybridized carbons (Fsp3) is 0.600. The van der Waals surface area contributed by atoms with E-state index in [1.807, 2.05) is 24.3 Å². The molecule has 0 spiro atoms. The van der Waals surface area contributed by atoms with Crippen LogP contribution in [0.3, 0.4) is 0 Å². The molecule has 1 aliphatic rings. The summed E-state index contributed by atoms with van der Waals surface area (Å²) in [6.07, 6.45) is 4.03. The fourth-order valence-electron chi connectivity index (χ4n) is 2.62. The molecule has 1 aliphatic heterocycles. The maximum absolute atomic E-state index is 5.72. The first kappa shape index (κ1) is 13.2. The molecule has 2 rings (SSSR count). The maximum Gasteiger partial charge on any atom is 0.119 e. The van der Waals surface area contributed by atoms with Gasteiger partial charge in [-0.3, -0.25) is 4.90 Å². The van der Waals surface area contributed by atoms with Crippen LogP contribution >= 0.6 is 0 Å². The van der Waals surface area contributed by atoms with Crippen LogP contribution in [-0.4, -0.2) is 31.1 Å². The Kier molecular flexibility index (Phi) is 4.88. The van der Waals surface area contributed by atoms with Crippen molar-refractivity contribution in [3.63, 3.8) is 0 Å². The SMILES string of the molecule is CCCC1CCN(CCOc2ccc(N)cc2)C1. The molecule has 1 unspecified atom stereocenters. The van der Waals surface area contributed by atoms with E-state index in [0.717, 1.165) is 30.5 Å². The second kappa shape index (κ2) is 6.64. The number of rotatable bonds is 6. The van der Waals surface area contributed by atoms with E-state index >= 15 is 0 Å². The Bertz CT molecular complexity index is 350. The van der Waals surface area contributed by atoms with E-state index in [-0.39, 0.29) is 0 Å². The molecule has 1 saturated heterocycles. The van der Waals surface area contributed by atoms with Crippen molar-refractivity contribution in [1.29, 1.82) is 0 Å². The summed E-state index contributed by atoms with van der Waals surface area (Å²) in [7, 11) is 0. The molecule has 0 aromatic heterocycles. The molecule has 0 aliphatic carbocycles. The van der Waals surface area contributed by atoms with Gasteiger partial charge in [0.25, 0.3) is 0 Å². The lowest BCUT2D eigenvalue weighted by Crippen LogP contribution is -2.26. The molecule has 1 heterocycles. The fourth-order valence-corrected chi connectivity index (χ4v) is 2.62. The monoisotopic (exact) mass is 248 g/mol. The second-order valence-corrected chi connectivity index (χ2v) is 5.16. The van der Waals surface area contributed by atoms with Gasteiger partial charge in [0.05, 0.1) is 0 Å². The summed E-state index contributed by atoms with van der Waals surface area (Å²) in [5.41, 5.74) is 6.42. The minimum absolute atomic E-state index is 0.767. The highest BCUT2D eigenvalue weighted by atomic mass is 16.5. The van der Waals surface area contributed by atoms with Crippen LogP contribution in [0.15, 0.2) is 24.3 Å². The number of nitrogens with two attached hydrogens (primary N) is 1. The molecule has 3 nitrogen and oxygen atoms in total. The Hall–Kier alpha value is -1.22. The van der Waals surface area contributed by atoms with Crippen LogP contribution in [0.5, 0.6) is 5.75 Å². The zero-order valence-electron chi connectivity index (χ0n) is 11.3. The quantitative estimate of drug-likeness (QED) is 0.787. The van der Waals surface area contributed by atoms with Crippen molar-refractivity contribution < 1.29 is 4.74 Å². The van der Waals surface area contributed by atoms with E-state index in [1.54, 1.807) is 0 Å². The molecule has 0 amide bonds. The highest BCUT2D eigenvalue weighted by Gasteiger charge is 2.20. The molecule has 18 heavy (non-hydrogen) atoms. The third-order valence-corrected chi connectivity index (χ3v) is 3.62. The summed E-state index contributed by atoms with van der Waals surface area (Å²) in [5.74, 6) is 1.82. The summed E-state index contributed by atoms with van der Waals surface area (Å²) in [5, 5.41) is 0. The first-order chi connectivity index (χ1) is 8.78. The number of nitrogen functional groups attached to an aromatic ring is 1. The van der Waals surface area contributed by atoms with Crippen LogP contribution in [0.4, 0.5) is 5.69 Å². The molecule has 0 radical (unpaired) electrons. The lowest BCUT2D eigenvalue weighted by molar-refractivity contribution is 0.232. The largest absolute Gasteiger partial charge is 0.492 e. The normalized spacial score (nSPS) is 20.2. The van der Waals surface area contributed by atoms with Crippen LogP contribution in [0.2, 0.25) is 0 Å². The molecule has 1 atom stereocenters. The van der Waals surface area contributed by atoms with Gasteiger partial charge in [0.1, 0.15) is 12.4 Å². The Labute approximate surface area is 110 Å². The summed E-state index contributed by atoms with van der Waals surface area (Å²) < 4.78 is 5.72. The van der Waals surface area contributed by atoms with Crippen molar-refractivity contribution in [2.24, 2.45) is 5.92 Å². The summed E-state index contributed by atoms with van der Waals surface area (Å²) in [6.45, 7) is 6.55. The number of hydrogen-bond acceptors (Lipinski definition) is 3. The number of nitrogens with zero attached hydrogens (tertiary/aromatic N) is 1. The van der Waals surface area contributed by atoms with Crippen LogP contribution in [-0.2, 0) is 0 Å². The highest BCUT2D eigenvalue weighted by molar-refractivity contribution is 5.41. The average molecular weight is 248 g/mol. The van der Waals surface area contributed by atoms with Crippen molar-refractivity contribution in [3.8, 4) is 5.75 Å². The molecular weight excluding hydrogens is 224 g/mol. The lowest BCUT2D eigenvalue weighted by atomic mass is 10.0. The second-order valence-electron chi connectivity index (χ2n) is 5.16. The van der Waals surface area contributed by atoms with E-state index in [4.69, 9.17) is 10.5 Å². The number of likely N-dealkylation sites (tertiary alicyclic amines) is 1. The molecule has 0 saturated carbocycles. The van der Waals surface area contributed by atoms with Gasteiger partial charge in [0.15, 0.2) is 0 Å². The van der Waals surface area contributed by atoms with Crippen molar-refractivity contribution in [3.05, 3.63) is 24.3 Å². The van der Waals surface area contributed by atoms with Crippen LogP contribution in [0.25, 0.3) is 0 Å². The Morgan fingerprint density at radius 2 is 2.11 bits per heavy atom. The van der Waals surface area contributed by atoms with Gasteiger partial charge >= 0.3 is 0 Å². The van der Waals surface area contributed by atoms with Gasteiger partial charge in [-0.25, -0.2) is 0 Å². The maximum atomic E-state index is 5.72. The molecule has 3 heteroatoms. The molecule has 1 aromatic rings. The number of anilines is 1. The first-order valence-electron chi connectivity index (χ1n) is 6.98. The first-order valence-corrected chi connectivity index (χ1v) is 6.98. The van der Waals surface area contributed by atoms with E-state index < -0.39 is 0 Å². The summed E-state index contributed by atoms with van der Waals surface area (Å²) in [6, 6.07) is 7.61. The third kappa shape index (κ3) is 3.91. The Morgan fingerprint density at radius 3 is 2.83 bits per heavy atom. The smallest absolute Gasteiger partial charge is 0.119 e. The van der Waals surface area contributed by atoms with Gasteiger partial charge < -0.3 is 10.5 Å². The lowest BCUT2D eigenvalue weighted by Gasteiger charge is -2.16. The predicted molar refractivity (Wildman–Crippen MR) is 75.8 cm³/mol. The number of benzene rings is 1. The number of ether oxygens (including phenoxy) is 1. The molecule has 1 aromatic carbocycles. The van der Waals surface area contributed by atoms with Gasteiger partial charge in [-0.1, -0.05) is 13.3 Å². The van der Waals surface area contributed by atoms with Crippen molar-refractivity contribution >= 4 is 5.69 Å². The van der Waals surface area contributed by atoms with Gasteiger partial charge in [0, 0.05) is 18.8 Å². The predicted octanol–water partition coefficient (Wildman–Crippen LogP) is 2.77. The molecule has 1 fully saturated rings. The summed E-state index contributed by atoms with van der Waals surface area (Å²) >= 11 is 0. The van der Waals surface area contributed by atoms with Crippen LogP contribution in [0, 0.1) is 5.92 Å². The van der Waals surface area contributed by atoms with Crippen molar-refractivity contribution in [2.45, 2.75) is 26.2 Å². The molecule has 100 valence electrons. The molecule has 2 N–H and O–H groups in total. The molecular formula is C15H24N2O. The van der Waals surface area contributed by atoms with Gasteiger partial charge in [0.2, 0.25) is 0 Å². The van der Waals surface area contributed by atoms with E-state index in [0.29, 0.717) is 0 Å². The topological polar surface area (TPSA) is 38.5 Å². The number of hydrogen-bond donors (Lipinski definition) is 1. The zero-order chi connectivity index (χ0) is 12.8. The van der Waals surface area contributed by atoms with Gasteiger partial charge in [-0.05, 0) is 49.6 Å². The van der Waals surface area contributed by atoms with Gasteiger partial charge in [-0.2, -0.15) is 0 Å². The highest BCUT2D eigenvalue weighted by Crippen LogP contribution is 2.20.